The summed E-state index contributed by atoms with van der Waals surface area (Å²) in [6, 6.07) is -1.03. The summed E-state index contributed by atoms with van der Waals surface area (Å²) < 4.78 is 12.2. The third-order valence-electron chi connectivity index (χ3n) is 8.18. The van der Waals surface area contributed by atoms with Gasteiger partial charge in [-0.2, -0.15) is 11.8 Å². The van der Waals surface area contributed by atoms with Crippen molar-refractivity contribution in [2.24, 2.45) is 0 Å². The van der Waals surface area contributed by atoms with Crippen molar-refractivity contribution < 1.29 is 54.2 Å². The molecule has 0 aliphatic rings. The molecular weight excluding hydrogens is 698 g/mol. The molecule has 1 rings (SSSR count). The number of esters is 2. The Morgan fingerprint density at radius 3 is 1.96 bits per heavy atom. The van der Waals surface area contributed by atoms with E-state index in [1.54, 1.807) is 0 Å². The summed E-state index contributed by atoms with van der Waals surface area (Å²) in [4.78, 5) is 51.2. The maximum Gasteiger partial charge on any atom is 0.306 e. The smallest absolute Gasteiger partial charge is 0.306 e. The molecule has 2 amide bonds. The zero-order valence-corrected chi connectivity index (χ0v) is 31.9. The second kappa shape index (κ2) is 28.6. The van der Waals surface area contributed by atoms with E-state index in [2.05, 4.69) is 41.7 Å². The molecule has 0 radical (unpaired) electrons. The van der Waals surface area contributed by atoms with Gasteiger partial charge in [0.15, 0.2) is 5.82 Å². The van der Waals surface area contributed by atoms with E-state index in [9.17, 15) is 39.6 Å². The van der Waals surface area contributed by atoms with E-state index in [4.69, 9.17) is 14.6 Å². The average molecular weight is 762 g/mol. The fourth-order valence-corrected chi connectivity index (χ4v) is 6.05. The van der Waals surface area contributed by atoms with Crippen LogP contribution in [0.25, 0.3) is 0 Å². The Bertz CT molecular complexity index is 1140. The van der Waals surface area contributed by atoms with Crippen molar-refractivity contribution in [2.75, 3.05) is 30.0 Å². The van der Waals surface area contributed by atoms with Crippen LogP contribution >= 0.6 is 11.8 Å². The molecule has 52 heavy (non-hydrogen) atoms. The first kappa shape index (κ1) is 47.2. The quantitative estimate of drug-likeness (QED) is 0.0424. The molecule has 7 N–H and O–H groups in total. The number of unbranched alkanes of at least 4 members (excludes halogenated alkanes) is 9. The maximum atomic E-state index is 13.4. The minimum Gasteiger partial charge on any atom is -0.462 e. The van der Waals surface area contributed by atoms with Crippen LogP contribution in [0.1, 0.15) is 117 Å². The monoisotopic (exact) mass is 761 g/mol. The van der Waals surface area contributed by atoms with Gasteiger partial charge in [0.05, 0.1) is 19.3 Å². The number of thioether (sulfide) groups is 1. The Balaban J connectivity index is 2.94. The molecule has 16 nitrogen and oxygen atoms in total. The Labute approximate surface area is 311 Å². The molecule has 0 spiro atoms. The van der Waals surface area contributed by atoms with E-state index in [1.165, 1.54) is 18.0 Å². The third-order valence-corrected chi connectivity index (χ3v) is 9.36. The number of nitrogens with zero attached hydrogens (tertiary/aromatic N) is 3. The van der Waals surface area contributed by atoms with Crippen LogP contribution in [0.3, 0.4) is 0 Å². The van der Waals surface area contributed by atoms with E-state index in [1.807, 2.05) is 0 Å². The second-order valence-electron chi connectivity index (χ2n) is 13.0. The topological polar surface area (TPSA) is 243 Å². The van der Waals surface area contributed by atoms with Crippen LogP contribution in [0.5, 0.6) is 0 Å². The zero-order chi connectivity index (χ0) is 38.7. The number of rotatable bonds is 31. The molecule has 0 aromatic carbocycles. The molecule has 0 fully saturated rings. The highest BCUT2D eigenvalue weighted by molar-refractivity contribution is 7.99. The fraction of sp³-hybridized carbons (Fsp3) is 0.829. The van der Waals surface area contributed by atoms with Crippen molar-refractivity contribution in [2.45, 2.75) is 160 Å². The summed E-state index contributed by atoms with van der Waals surface area (Å²) in [5.41, 5.74) is 0. The molecule has 1 aromatic heterocycles. The van der Waals surface area contributed by atoms with Crippen LogP contribution in [0.4, 0.5) is 5.82 Å². The minimum absolute atomic E-state index is 0.0180. The van der Waals surface area contributed by atoms with E-state index in [-0.39, 0.29) is 61.6 Å². The lowest BCUT2D eigenvalue weighted by Crippen LogP contribution is -2.47. The molecular formula is C35H63N5O11S. The Kier molecular flexibility index (Phi) is 26.0. The van der Waals surface area contributed by atoms with Gasteiger partial charge in [0.25, 0.3) is 0 Å². The first-order chi connectivity index (χ1) is 24.9. The van der Waals surface area contributed by atoms with Crippen LogP contribution in [-0.4, -0.2) is 126 Å². The number of ether oxygens (including phenoxy) is 2. The number of aromatic nitrogens is 3. The van der Waals surface area contributed by atoms with Gasteiger partial charge in [0.1, 0.15) is 43.2 Å². The Morgan fingerprint density at radius 2 is 1.37 bits per heavy atom. The molecule has 0 saturated heterocycles. The summed E-state index contributed by atoms with van der Waals surface area (Å²) in [5.74, 6) is -1.41. The predicted molar refractivity (Wildman–Crippen MR) is 196 cm³/mol. The maximum absolute atomic E-state index is 13.4. The second-order valence-corrected chi connectivity index (χ2v) is 14.1. The number of carbonyl (C=O) groups is 4. The minimum atomic E-state index is -1.82. The fourth-order valence-electron chi connectivity index (χ4n) is 5.01. The van der Waals surface area contributed by atoms with Crippen LogP contribution in [0, 0.1) is 0 Å². The van der Waals surface area contributed by atoms with Gasteiger partial charge in [-0.25, -0.2) is 4.68 Å². The summed E-state index contributed by atoms with van der Waals surface area (Å²) in [7, 11) is 0. The number of aliphatic hydroxyl groups excluding tert-OH is 5. The SMILES string of the molecule is CCCCCCC(=O)N[C@H](CSC[C@@H](COC(=O)CCCCCC)OC(=O)CCCCCC)C(=O)Nc1cn(C[C@H](O)[C@H](O)[C@H](O)[C@H](O)CO)nn1. The number of hydrogen-bond donors (Lipinski definition) is 7. The number of nitrogens with one attached hydrogen (secondary N) is 2. The van der Waals surface area contributed by atoms with E-state index < -0.39 is 55.0 Å². The number of hydrogen-bond acceptors (Lipinski definition) is 14. The number of carbonyl (C=O) groups excluding carboxylic acids is 4. The van der Waals surface area contributed by atoms with E-state index in [0.717, 1.165) is 62.5 Å². The van der Waals surface area contributed by atoms with Gasteiger partial charge in [-0.3, -0.25) is 19.2 Å². The molecule has 17 heteroatoms. The van der Waals surface area contributed by atoms with Crippen LogP contribution in [0.2, 0.25) is 0 Å². The third kappa shape index (κ3) is 21.0. The predicted octanol–water partition coefficient (Wildman–Crippen LogP) is 2.24. The lowest BCUT2D eigenvalue weighted by Gasteiger charge is -2.25. The van der Waals surface area contributed by atoms with Gasteiger partial charge in [0.2, 0.25) is 11.8 Å². The lowest BCUT2D eigenvalue weighted by molar-refractivity contribution is -0.157. The van der Waals surface area contributed by atoms with Crippen molar-refractivity contribution in [3.8, 4) is 0 Å². The number of amides is 2. The number of aliphatic hydroxyl groups is 5. The molecule has 0 aliphatic heterocycles. The summed E-state index contributed by atoms with van der Waals surface area (Å²) >= 11 is 1.25. The van der Waals surface area contributed by atoms with Gasteiger partial charge in [0, 0.05) is 30.8 Å². The molecule has 6 atom stereocenters. The largest absolute Gasteiger partial charge is 0.462 e. The first-order valence-corrected chi connectivity index (χ1v) is 19.9. The van der Waals surface area contributed by atoms with Crippen molar-refractivity contribution in [1.82, 2.24) is 20.3 Å². The van der Waals surface area contributed by atoms with Crippen LogP contribution < -0.4 is 10.6 Å². The van der Waals surface area contributed by atoms with E-state index in [0.29, 0.717) is 19.3 Å². The molecule has 0 aliphatic carbocycles. The van der Waals surface area contributed by atoms with Crippen molar-refractivity contribution in [1.29, 1.82) is 0 Å². The molecule has 1 heterocycles. The highest BCUT2D eigenvalue weighted by Crippen LogP contribution is 2.15. The standard InChI is InChI=1S/C35H63N5O11S/c1-4-7-10-13-16-30(44)36-26(35(49)37-29-20-40(39-38-29)19-27(42)33(47)34(48)28(43)21-41)24-52-23-25(51-32(46)18-15-12-9-6-3)22-50-31(45)17-14-11-8-5-2/h20,25-28,33-34,41-43,47-48H,4-19,21-24H2,1-3H3,(H,36,44)(H,37,49)/t25-,26-,27+,28-,33+,34-/m1/s1. The van der Waals surface area contributed by atoms with E-state index >= 15 is 0 Å². The molecule has 300 valence electrons. The Hall–Kier alpha value is -2.83. The van der Waals surface area contributed by atoms with Gasteiger partial charge >= 0.3 is 11.9 Å². The summed E-state index contributed by atoms with van der Waals surface area (Å²) in [6.45, 7) is 4.91. The van der Waals surface area contributed by atoms with Crippen molar-refractivity contribution in [3.63, 3.8) is 0 Å². The van der Waals surface area contributed by atoms with Crippen LogP contribution in [0.15, 0.2) is 6.20 Å². The first-order valence-electron chi connectivity index (χ1n) is 18.7. The summed E-state index contributed by atoms with van der Waals surface area (Å²) in [6.07, 6.45) is 5.24. The highest BCUT2D eigenvalue weighted by Gasteiger charge is 2.31. The molecule has 0 bridgehead atoms. The molecule has 1 aromatic rings. The normalized spacial score (nSPS) is 14.8. The lowest BCUT2D eigenvalue weighted by atomic mass is 10.0. The van der Waals surface area contributed by atoms with Gasteiger partial charge in [-0.15, -0.1) is 5.10 Å². The molecule has 0 unspecified atom stereocenters. The Morgan fingerprint density at radius 1 is 0.788 bits per heavy atom. The van der Waals surface area contributed by atoms with Gasteiger partial charge in [-0.1, -0.05) is 83.8 Å². The van der Waals surface area contributed by atoms with Crippen molar-refractivity contribution >= 4 is 41.3 Å². The average Bonchev–Trinajstić information content (AvgIpc) is 3.57. The summed E-state index contributed by atoms with van der Waals surface area (Å²) in [5, 5.41) is 61.8. The van der Waals surface area contributed by atoms with Crippen molar-refractivity contribution in [3.05, 3.63) is 6.20 Å². The number of anilines is 1. The van der Waals surface area contributed by atoms with Crippen LogP contribution in [-0.2, 0) is 35.2 Å². The van der Waals surface area contributed by atoms with Gasteiger partial charge in [-0.05, 0) is 19.3 Å². The molecule has 0 saturated carbocycles. The zero-order valence-electron chi connectivity index (χ0n) is 31.1. The van der Waals surface area contributed by atoms with Gasteiger partial charge < -0.3 is 45.6 Å². The highest BCUT2D eigenvalue weighted by atomic mass is 32.2.